The molecule has 1 aliphatic rings. The zero-order valence-corrected chi connectivity index (χ0v) is 16.3. The molecule has 1 atom stereocenters. The molecule has 0 aliphatic heterocycles. The van der Waals surface area contributed by atoms with Crippen molar-refractivity contribution in [2.75, 3.05) is 0 Å². The van der Waals surface area contributed by atoms with Gasteiger partial charge < -0.3 is 0 Å². The molecule has 0 saturated carbocycles. The number of benzene rings is 2. The van der Waals surface area contributed by atoms with Gasteiger partial charge in [0.2, 0.25) is 0 Å². The third-order valence-electron chi connectivity index (χ3n) is 4.04. The zero-order valence-electron chi connectivity index (χ0n) is 13.8. The molecule has 2 aromatic rings. The van der Waals surface area contributed by atoms with Crippen molar-refractivity contribution in [1.29, 1.82) is 0 Å². The van der Waals surface area contributed by atoms with E-state index in [1.807, 2.05) is 43.3 Å². The molecule has 1 aliphatic carbocycles. The number of hydrogen-bond acceptors (Lipinski definition) is 2. The van der Waals surface area contributed by atoms with Crippen LogP contribution >= 0.6 is 0 Å². The number of allylic oxidation sites excluding steroid dienone is 4. The van der Waals surface area contributed by atoms with Crippen molar-refractivity contribution >= 4 is 29.3 Å². The topological polar surface area (TPSA) is 34.1 Å². The van der Waals surface area contributed by atoms with Gasteiger partial charge >= 0.3 is 150 Å². The van der Waals surface area contributed by atoms with E-state index in [9.17, 15) is 8.42 Å². The first kappa shape index (κ1) is 17.2. The van der Waals surface area contributed by atoms with Crippen molar-refractivity contribution in [3.05, 3.63) is 81.7 Å². The van der Waals surface area contributed by atoms with E-state index in [4.69, 9.17) is 0 Å². The van der Waals surface area contributed by atoms with Gasteiger partial charge in [-0.15, -0.1) is 0 Å². The fraction of sp³-hybridized carbons (Fsp3) is 0.200. The van der Waals surface area contributed by atoms with E-state index in [0.717, 1.165) is 10.0 Å². The Hall–Kier alpha value is -1.61. The van der Waals surface area contributed by atoms with E-state index in [2.05, 4.69) is 25.1 Å². The Labute approximate surface area is 150 Å². The van der Waals surface area contributed by atoms with Gasteiger partial charge in [0.25, 0.3) is 0 Å². The maximum atomic E-state index is 13.2. The van der Waals surface area contributed by atoms with Crippen molar-refractivity contribution in [2.45, 2.75) is 25.2 Å². The summed E-state index contributed by atoms with van der Waals surface area (Å²) in [6.45, 7) is 4.05. The van der Waals surface area contributed by atoms with Crippen molar-refractivity contribution < 1.29 is 8.42 Å². The molecule has 0 aromatic heterocycles. The summed E-state index contributed by atoms with van der Waals surface area (Å²) in [7, 11) is -3.44. The first-order chi connectivity index (χ1) is 11.5. The molecule has 0 heterocycles. The second-order valence-electron chi connectivity index (χ2n) is 5.94. The Morgan fingerprint density at radius 2 is 1.67 bits per heavy atom. The molecule has 1 unspecified atom stereocenters. The van der Waals surface area contributed by atoms with Gasteiger partial charge in [-0.1, -0.05) is 0 Å². The number of rotatable bonds is 4. The van der Waals surface area contributed by atoms with Crippen molar-refractivity contribution in [3.63, 3.8) is 0 Å². The quantitative estimate of drug-likeness (QED) is 0.578. The summed E-state index contributed by atoms with van der Waals surface area (Å²) in [5.74, 6) is 0.161. The van der Waals surface area contributed by atoms with Crippen molar-refractivity contribution in [2.24, 2.45) is 5.92 Å². The van der Waals surface area contributed by atoms with Gasteiger partial charge in [-0.25, -0.2) is 0 Å². The van der Waals surface area contributed by atoms with Crippen LogP contribution in [0.3, 0.4) is 0 Å². The molecule has 0 N–H and O–H groups in total. The summed E-state index contributed by atoms with van der Waals surface area (Å²) < 4.78 is 28.6. The molecule has 0 amide bonds. The van der Waals surface area contributed by atoms with Gasteiger partial charge in [0.05, 0.1) is 0 Å². The van der Waals surface area contributed by atoms with Gasteiger partial charge in [-0.3, -0.25) is 0 Å². The minimum atomic E-state index is -3.44. The average Bonchev–Trinajstić information content (AvgIpc) is 2.58. The Bertz CT molecular complexity index is 879. The van der Waals surface area contributed by atoms with E-state index >= 15 is 0 Å². The molecule has 0 radical (unpaired) electrons. The predicted octanol–water partition coefficient (Wildman–Crippen LogP) is 3.61. The molecule has 0 bridgehead atoms. The Balaban J connectivity index is 2.06. The molecule has 2 nitrogen and oxygen atoms in total. The predicted molar refractivity (Wildman–Crippen MR) is 100 cm³/mol. The second kappa shape index (κ2) is 7.10. The first-order valence-electron chi connectivity index (χ1n) is 7.93. The summed E-state index contributed by atoms with van der Waals surface area (Å²) in [6.07, 6.45) is 4.59. The number of hydrogen-bond donors (Lipinski definition) is 0. The molecule has 4 heteroatoms. The van der Waals surface area contributed by atoms with Crippen LogP contribution < -0.4 is 4.46 Å². The summed E-state index contributed by atoms with van der Waals surface area (Å²) in [4.78, 5) is 0.983. The Morgan fingerprint density at radius 3 is 2.33 bits per heavy atom. The van der Waals surface area contributed by atoms with Crippen LogP contribution in [0, 0.1) is 12.8 Å². The molecular weight excluding hydrogens is 383 g/mol. The molecule has 3 rings (SSSR count). The Kier molecular flexibility index (Phi) is 5.09. The van der Waals surface area contributed by atoms with Crippen LogP contribution in [0.4, 0.5) is 0 Å². The van der Waals surface area contributed by atoms with E-state index in [1.54, 1.807) is 12.1 Å². The summed E-state index contributed by atoms with van der Waals surface area (Å²) in [5, 5.41) is 0. The third-order valence-corrected chi connectivity index (χ3v) is 9.09. The molecule has 124 valence electrons. The van der Waals surface area contributed by atoms with Gasteiger partial charge in [-0.05, 0) is 0 Å². The van der Waals surface area contributed by atoms with Crippen molar-refractivity contribution in [3.8, 4) is 0 Å². The first-order valence-corrected chi connectivity index (χ1v) is 11.1. The van der Waals surface area contributed by atoms with E-state index in [-0.39, 0.29) is 20.9 Å². The minimum absolute atomic E-state index is 0.0124. The number of aryl methyl sites for hydroxylation is 1. The fourth-order valence-electron chi connectivity index (χ4n) is 2.69. The standard InChI is InChI=1S/C20H20O2SSe/c1-15-11-13-17(14-12-15)23(21,22)19-10-6-7-16(2)20(19)24-18-8-4-3-5-9-18/h3-9,11-14,16H,10H2,1-2H3. The van der Waals surface area contributed by atoms with Gasteiger partial charge in [0, 0.05) is 0 Å². The monoisotopic (exact) mass is 404 g/mol. The Morgan fingerprint density at radius 1 is 1.00 bits per heavy atom. The molecule has 2 aromatic carbocycles. The van der Waals surface area contributed by atoms with Gasteiger partial charge in [-0.2, -0.15) is 0 Å². The maximum absolute atomic E-state index is 13.2. The van der Waals surface area contributed by atoms with Gasteiger partial charge in [0.15, 0.2) is 0 Å². The summed E-state index contributed by atoms with van der Waals surface area (Å²) >= 11 is 0.0124. The molecule has 0 spiro atoms. The zero-order chi connectivity index (χ0) is 17.2. The van der Waals surface area contributed by atoms with Crippen LogP contribution in [0.1, 0.15) is 18.9 Å². The third kappa shape index (κ3) is 3.56. The van der Waals surface area contributed by atoms with Gasteiger partial charge in [0.1, 0.15) is 0 Å². The molecular formula is C20H20O2SSe. The molecule has 24 heavy (non-hydrogen) atoms. The van der Waals surface area contributed by atoms with Crippen LogP contribution in [0.5, 0.6) is 0 Å². The van der Waals surface area contributed by atoms with Crippen LogP contribution in [-0.2, 0) is 9.84 Å². The van der Waals surface area contributed by atoms with E-state index in [1.165, 1.54) is 4.46 Å². The average molecular weight is 403 g/mol. The van der Waals surface area contributed by atoms with Crippen molar-refractivity contribution in [1.82, 2.24) is 0 Å². The SMILES string of the molecule is Cc1ccc(S(=O)(=O)C2=C([Se]c3ccccc3)C(C)C=CC2)cc1. The normalized spacial score (nSPS) is 18.0. The summed E-state index contributed by atoms with van der Waals surface area (Å²) in [6, 6.07) is 17.3. The molecule has 0 saturated heterocycles. The van der Waals surface area contributed by atoms with Crippen LogP contribution in [0.25, 0.3) is 0 Å². The molecule has 0 fully saturated rings. The van der Waals surface area contributed by atoms with Crippen LogP contribution in [0.2, 0.25) is 0 Å². The van der Waals surface area contributed by atoms with Crippen LogP contribution in [0.15, 0.2) is 81.0 Å². The van der Waals surface area contributed by atoms with Crippen LogP contribution in [-0.4, -0.2) is 23.4 Å². The fourth-order valence-corrected chi connectivity index (χ4v) is 7.26. The van der Waals surface area contributed by atoms with E-state index in [0.29, 0.717) is 16.2 Å². The van der Waals surface area contributed by atoms with E-state index < -0.39 is 9.84 Å². The number of sulfone groups is 1. The summed E-state index contributed by atoms with van der Waals surface area (Å²) in [5.41, 5.74) is 1.06. The second-order valence-corrected chi connectivity index (χ2v) is 10.3.